The third kappa shape index (κ3) is 4.61. The van der Waals surface area contributed by atoms with Gasteiger partial charge in [-0.05, 0) is 106 Å². The number of rotatable bonds is 6. The number of carbonyl (C=O) groups excluding carboxylic acids is 2. The highest BCUT2D eigenvalue weighted by Gasteiger charge is 2.35. The summed E-state index contributed by atoms with van der Waals surface area (Å²) in [6.45, 7) is 6.10. The van der Waals surface area contributed by atoms with Crippen molar-refractivity contribution in [1.29, 1.82) is 5.26 Å². The summed E-state index contributed by atoms with van der Waals surface area (Å²) in [5.74, 6) is -0.959. The molecule has 1 fully saturated rings. The van der Waals surface area contributed by atoms with Gasteiger partial charge in [0.15, 0.2) is 5.11 Å². The molecule has 1 saturated heterocycles. The van der Waals surface area contributed by atoms with Gasteiger partial charge in [-0.25, -0.2) is 0 Å². The number of unbranched alkanes of at least 4 members (excludes halogenated alkanes) is 1. The van der Waals surface area contributed by atoms with Gasteiger partial charge < -0.3 is 4.57 Å². The smallest absolute Gasteiger partial charge is 0.270 e. The molecule has 5 rings (SSSR count). The monoisotopic (exact) mass is 542 g/mol. The largest absolute Gasteiger partial charge is 0.308 e. The predicted molar refractivity (Wildman–Crippen MR) is 156 cm³/mol. The fourth-order valence-corrected chi connectivity index (χ4v) is 7.04. The second-order valence-electron chi connectivity index (χ2n) is 9.89. The number of nitrogens with one attached hydrogen (secondary N) is 1. The highest BCUT2D eigenvalue weighted by atomic mass is 32.1. The van der Waals surface area contributed by atoms with Crippen LogP contribution < -0.4 is 10.2 Å². The summed E-state index contributed by atoms with van der Waals surface area (Å²) < 4.78 is 2.08. The van der Waals surface area contributed by atoms with Crippen molar-refractivity contribution >= 4 is 52.2 Å². The van der Waals surface area contributed by atoms with E-state index in [1.807, 2.05) is 44.2 Å². The zero-order valence-corrected chi connectivity index (χ0v) is 23.5. The first-order valence-corrected chi connectivity index (χ1v) is 14.3. The van der Waals surface area contributed by atoms with Crippen LogP contribution in [0.3, 0.4) is 0 Å². The van der Waals surface area contributed by atoms with E-state index in [9.17, 15) is 14.9 Å². The summed E-state index contributed by atoms with van der Waals surface area (Å²) >= 11 is 7.06. The molecule has 2 aromatic heterocycles. The molecule has 0 spiro atoms. The molecule has 1 aliphatic heterocycles. The Morgan fingerprint density at radius 2 is 1.89 bits per heavy atom. The number of hydrogen-bond acceptors (Lipinski definition) is 5. The molecule has 2 amide bonds. The summed E-state index contributed by atoms with van der Waals surface area (Å²) in [5.41, 5.74) is 6.37. The van der Waals surface area contributed by atoms with Gasteiger partial charge in [0.25, 0.3) is 11.8 Å². The van der Waals surface area contributed by atoms with Gasteiger partial charge in [0.05, 0.1) is 11.3 Å². The fraction of sp³-hybridized carbons (Fsp3) is 0.333. The van der Waals surface area contributed by atoms with Crippen LogP contribution in [0.4, 0.5) is 5.69 Å². The first-order chi connectivity index (χ1) is 18.3. The van der Waals surface area contributed by atoms with Crippen LogP contribution in [0, 0.1) is 25.2 Å². The first-order valence-electron chi connectivity index (χ1n) is 13.1. The van der Waals surface area contributed by atoms with E-state index in [0.29, 0.717) is 5.69 Å². The Morgan fingerprint density at radius 3 is 2.61 bits per heavy atom. The van der Waals surface area contributed by atoms with E-state index in [4.69, 9.17) is 12.2 Å². The average Bonchev–Trinajstić information content (AvgIpc) is 3.40. The van der Waals surface area contributed by atoms with Gasteiger partial charge in [0.2, 0.25) is 0 Å². The molecule has 6 nitrogen and oxygen atoms in total. The number of hydrogen-bond donors (Lipinski definition) is 1. The molecule has 8 heteroatoms. The van der Waals surface area contributed by atoms with Crippen LogP contribution in [-0.2, 0) is 28.9 Å². The van der Waals surface area contributed by atoms with Crippen LogP contribution in [-0.4, -0.2) is 21.5 Å². The lowest BCUT2D eigenvalue weighted by molar-refractivity contribution is -0.122. The van der Waals surface area contributed by atoms with E-state index in [1.165, 1.54) is 20.9 Å². The molecular weight excluding hydrogens is 512 g/mol. The second-order valence-corrected chi connectivity index (χ2v) is 11.4. The van der Waals surface area contributed by atoms with E-state index in [0.717, 1.165) is 72.5 Å². The minimum atomic E-state index is -0.509. The molecule has 0 radical (unpaired) electrons. The Morgan fingerprint density at radius 1 is 1.16 bits per heavy atom. The molecule has 0 unspecified atom stereocenters. The van der Waals surface area contributed by atoms with E-state index >= 15 is 0 Å². The molecule has 0 bridgehead atoms. The van der Waals surface area contributed by atoms with Gasteiger partial charge in [-0.1, -0.05) is 25.5 Å². The molecular formula is C30H30N4O2S2. The number of fused-ring (bicyclic) bond motifs is 1. The van der Waals surface area contributed by atoms with Gasteiger partial charge in [0, 0.05) is 16.3 Å². The molecule has 0 atom stereocenters. The summed E-state index contributed by atoms with van der Waals surface area (Å²) in [7, 11) is 0. The molecule has 2 aliphatic rings. The zero-order valence-electron chi connectivity index (χ0n) is 21.9. The van der Waals surface area contributed by atoms with Crippen molar-refractivity contribution in [2.45, 2.75) is 65.7 Å². The second kappa shape index (κ2) is 10.7. The standard InChI is InChI=1S/C30H30N4O2S2/c1-4-5-8-20-11-13-22(14-12-20)34-28(36)24(27(35)32-30(34)37)16-21-15-18(2)33(19(21)3)29-25(17-31)23-9-6-7-10-26(23)38-29/h11-16H,4-10H2,1-3H3,(H,32,35,37)/b24-16+. The van der Waals surface area contributed by atoms with Crippen LogP contribution in [0.25, 0.3) is 11.1 Å². The van der Waals surface area contributed by atoms with Crippen LogP contribution >= 0.6 is 23.6 Å². The first kappa shape index (κ1) is 26.1. The van der Waals surface area contributed by atoms with Gasteiger partial charge in [-0.3, -0.25) is 19.8 Å². The minimum absolute atomic E-state index is 0.0277. The van der Waals surface area contributed by atoms with Crippen LogP contribution in [0.2, 0.25) is 0 Å². The van der Waals surface area contributed by atoms with Crippen molar-refractivity contribution in [2.75, 3.05) is 4.90 Å². The molecule has 1 aliphatic carbocycles. The van der Waals surface area contributed by atoms with Crippen molar-refractivity contribution in [3.8, 4) is 11.1 Å². The number of carbonyl (C=O) groups is 2. The van der Waals surface area contributed by atoms with Crippen LogP contribution in [0.5, 0.6) is 0 Å². The van der Waals surface area contributed by atoms with Crippen LogP contribution in [0.15, 0.2) is 35.9 Å². The lowest BCUT2D eigenvalue weighted by Crippen LogP contribution is -2.54. The number of aromatic nitrogens is 1. The maximum Gasteiger partial charge on any atom is 0.270 e. The maximum atomic E-state index is 13.6. The minimum Gasteiger partial charge on any atom is -0.308 e. The number of amides is 2. The lowest BCUT2D eigenvalue weighted by Gasteiger charge is -2.29. The predicted octanol–water partition coefficient (Wildman–Crippen LogP) is 6.08. The van der Waals surface area contributed by atoms with Crippen molar-refractivity contribution in [3.05, 3.63) is 74.4 Å². The van der Waals surface area contributed by atoms with E-state index in [-0.39, 0.29) is 10.7 Å². The third-order valence-corrected chi connectivity index (χ3v) is 8.91. The third-order valence-electron chi connectivity index (χ3n) is 7.35. The Bertz CT molecular complexity index is 1520. The van der Waals surface area contributed by atoms with Gasteiger partial charge in [0.1, 0.15) is 16.6 Å². The van der Waals surface area contributed by atoms with Crippen molar-refractivity contribution in [3.63, 3.8) is 0 Å². The summed E-state index contributed by atoms with van der Waals surface area (Å²) in [6.07, 6.45) is 9.04. The summed E-state index contributed by atoms with van der Waals surface area (Å²) in [4.78, 5) is 29.2. The lowest BCUT2D eigenvalue weighted by atomic mass is 9.96. The highest BCUT2D eigenvalue weighted by molar-refractivity contribution is 7.80. The Kier molecular flexibility index (Phi) is 7.33. The van der Waals surface area contributed by atoms with E-state index in [2.05, 4.69) is 22.9 Å². The summed E-state index contributed by atoms with van der Waals surface area (Å²) in [5, 5.41) is 13.7. The van der Waals surface area contributed by atoms with E-state index in [1.54, 1.807) is 17.4 Å². The number of anilines is 1. The molecule has 194 valence electrons. The summed E-state index contributed by atoms with van der Waals surface area (Å²) in [6, 6.07) is 12.2. The van der Waals surface area contributed by atoms with Gasteiger partial charge >= 0.3 is 0 Å². The number of benzene rings is 1. The Labute approximate surface area is 232 Å². The number of thiocarbonyl (C=S) groups is 1. The van der Waals surface area contributed by atoms with Crippen LogP contribution in [0.1, 0.15) is 71.1 Å². The quantitative estimate of drug-likeness (QED) is 0.233. The van der Waals surface area contributed by atoms with Crippen molar-refractivity contribution < 1.29 is 9.59 Å². The number of nitrogens with zero attached hydrogens (tertiary/aromatic N) is 3. The number of aryl methyl sites for hydroxylation is 3. The molecule has 1 aromatic carbocycles. The molecule has 3 heterocycles. The zero-order chi connectivity index (χ0) is 27.0. The fourth-order valence-electron chi connectivity index (χ4n) is 5.31. The molecule has 0 saturated carbocycles. The normalized spacial score (nSPS) is 16.5. The SMILES string of the molecule is CCCCc1ccc(N2C(=O)/C(=C/c3cc(C)n(-c4sc5c(c4C#N)CCCC5)c3C)C(=O)NC2=S)cc1. The van der Waals surface area contributed by atoms with Gasteiger partial charge in [-0.2, -0.15) is 5.26 Å². The topological polar surface area (TPSA) is 78.1 Å². The molecule has 38 heavy (non-hydrogen) atoms. The highest BCUT2D eigenvalue weighted by Crippen LogP contribution is 2.38. The van der Waals surface area contributed by atoms with Crippen molar-refractivity contribution in [2.24, 2.45) is 0 Å². The number of thiophene rings is 1. The molecule has 1 N–H and O–H groups in total. The number of nitriles is 1. The Balaban J connectivity index is 1.51. The average molecular weight is 543 g/mol. The van der Waals surface area contributed by atoms with Gasteiger partial charge in [-0.15, -0.1) is 11.3 Å². The Hall–Kier alpha value is -3.54. The van der Waals surface area contributed by atoms with E-state index < -0.39 is 11.8 Å². The van der Waals surface area contributed by atoms with Crippen molar-refractivity contribution in [1.82, 2.24) is 9.88 Å². The molecule has 3 aromatic rings. The maximum absolute atomic E-state index is 13.6.